The topological polar surface area (TPSA) is 44.8 Å². The summed E-state index contributed by atoms with van der Waals surface area (Å²) in [5.41, 5.74) is 0.934. The number of rotatable bonds is 5. The van der Waals surface area contributed by atoms with Gasteiger partial charge in [-0.15, -0.1) is 0 Å². The highest BCUT2D eigenvalue weighted by atomic mass is 16.5. The number of ether oxygens (including phenoxy) is 3. The van der Waals surface area contributed by atoms with Crippen molar-refractivity contribution in [3.8, 4) is 11.5 Å². The molecule has 1 aromatic carbocycles. The Morgan fingerprint density at radius 2 is 1.91 bits per heavy atom. The van der Waals surface area contributed by atoms with Crippen LogP contribution in [-0.4, -0.2) is 32.7 Å². The number of hydrogen-bond donors (Lipinski definition) is 0. The Hall–Kier alpha value is -1.55. The maximum absolute atomic E-state index is 12.9. The average molecular weight is 306 g/mol. The van der Waals surface area contributed by atoms with E-state index in [-0.39, 0.29) is 23.7 Å². The van der Waals surface area contributed by atoms with Crippen molar-refractivity contribution < 1.29 is 19.0 Å². The van der Waals surface area contributed by atoms with Crippen molar-refractivity contribution in [3.05, 3.63) is 23.8 Å². The summed E-state index contributed by atoms with van der Waals surface area (Å²) in [5, 5.41) is 0. The zero-order chi connectivity index (χ0) is 16.3. The number of ketones is 1. The van der Waals surface area contributed by atoms with Crippen LogP contribution in [0, 0.1) is 11.8 Å². The summed E-state index contributed by atoms with van der Waals surface area (Å²) >= 11 is 0. The molecule has 2 rings (SSSR count). The Kier molecular flexibility index (Phi) is 5.46. The molecule has 0 bridgehead atoms. The van der Waals surface area contributed by atoms with E-state index in [1.807, 2.05) is 18.2 Å². The van der Waals surface area contributed by atoms with E-state index >= 15 is 0 Å². The Labute approximate surface area is 132 Å². The first-order valence-corrected chi connectivity index (χ1v) is 7.90. The van der Waals surface area contributed by atoms with Gasteiger partial charge in [-0.2, -0.15) is 0 Å². The van der Waals surface area contributed by atoms with E-state index in [9.17, 15) is 4.79 Å². The van der Waals surface area contributed by atoms with Crippen molar-refractivity contribution in [3.63, 3.8) is 0 Å². The lowest BCUT2D eigenvalue weighted by molar-refractivity contribution is -0.143. The fourth-order valence-electron chi connectivity index (χ4n) is 3.25. The number of benzene rings is 1. The van der Waals surface area contributed by atoms with Gasteiger partial charge in [0.1, 0.15) is 5.78 Å². The molecule has 0 spiro atoms. The molecule has 2 unspecified atom stereocenters. The van der Waals surface area contributed by atoms with Crippen LogP contribution >= 0.6 is 0 Å². The standard InChI is InChI=1S/C18H26O4/c1-6-13-17(19)14(10-22-18(13)11(2)3)12-7-8-15(20-4)16(9-12)21-5/h7-9,11,13-14,18H,6,10H2,1-5H3/t13?,14-,18?/m1/s1. The summed E-state index contributed by atoms with van der Waals surface area (Å²) in [6, 6.07) is 5.65. The molecule has 122 valence electrons. The number of hydrogen-bond acceptors (Lipinski definition) is 4. The van der Waals surface area contributed by atoms with E-state index in [4.69, 9.17) is 14.2 Å². The van der Waals surface area contributed by atoms with Crippen LogP contribution in [0.4, 0.5) is 0 Å². The zero-order valence-electron chi connectivity index (χ0n) is 14.1. The van der Waals surface area contributed by atoms with Gasteiger partial charge in [0.15, 0.2) is 11.5 Å². The summed E-state index contributed by atoms with van der Waals surface area (Å²) in [4.78, 5) is 12.9. The van der Waals surface area contributed by atoms with E-state index in [2.05, 4.69) is 20.8 Å². The molecular formula is C18H26O4. The molecule has 1 aromatic rings. The highest BCUT2D eigenvalue weighted by molar-refractivity contribution is 5.89. The fourth-order valence-corrected chi connectivity index (χ4v) is 3.25. The predicted octanol–water partition coefficient (Wildman–Crippen LogP) is 3.44. The van der Waals surface area contributed by atoms with Crippen molar-refractivity contribution in [1.82, 2.24) is 0 Å². The molecular weight excluding hydrogens is 280 g/mol. The van der Waals surface area contributed by atoms with Gasteiger partial charge in [-0.1, -0.05) is 26.8 Å². The van der Waals surface area contributed by atoms with Crippen LogP contribution in [0.25, 0.3) is 0 Å². The Morgan fingerprint density at radius 3 is 2.45 bits per heavy atom. The second-order valence-electron chi connectivity index (χ2n) is 6.13. The van der Waals surface area contributed by atoms with Gasteiger partial charge in [-0.05, 0) is 30.0 Å². The molecule has 4 nitrogen and oxygen atoms in total. The van der Waals surface area contributed by atoms with Crippen molar-refractivity contribution in [1.29, 1.82) is 0 Å². The molecule has 0 N–H and O–H groups in total. The molecule has 1 fully saturated rings. The van der Waals surface area contributed by atoms with Gasteiger partial charge in [-0.3, -0.25) is 4.79 Å². The Balaban J connectivity index is 2.28. The van der Waals surface area contributed by atoms with Gasteiger partial charge in [0, 0.05) is 5.92 Å². The van der Waals surface area contributed by atoms with E-state index in [0.717, 1.165) is 12.0 Å². The third kappa shape index (κ3) is 3.12. The van der Waals surface area contributed by atoms with Crippen molar-refractivity contribution in [2.24, 2.45) is 11.8 Å². The van der Waals surface area contributed by atoms with Crippen LogP contribution in [0.15, 0.2) is 18.2 Å². The van der Waals surface area contributed by atoms with Crippen LogP contribution < -0.4 is 9.47 Å². The second kappa shape index (κ2) is 7.14. The normalized spacial score (nSPS) is 25.4. The summed E-state index contributed by atoms with van der Waals surface area (Å²) < 4.78 is 16.6. The summed E-state index contributed by atoms with van der Waals surface area (Å²) in [6.45, 7) is 6.71. The lowest BCUT2D eigenvalue weighted by atomic mass is 9.78. The molecule has 1 heterocycles. The highest BCUT2D eigenvalue weighted by Crippen LogP contribution is 2.37. The highest BCUT2D eigenvalue weighted by Gasteiger charge is 2.40. The monoisotopic (exact) mass is 306 g/mol. The molecule has 0 aliphatic carbocycles. The Morgan fingerprint density at radius 1 is 1.23 bits per heavy atom. The molecule has 4 heteroatoms. The second-order valence-corrected chi connectivity index (χ2v) is 6.13. The first-order chi connectivity index (χ1) is 10.5. The van der Waals surface area contributed by atoms with Crippen molar-refractivity contribution >= 4 is 5.78 Å². The summed E-state index contributed by atoms with van der Waals surface area (Å²) in [5.74, 6) is 1.68. The zero-order valence-corrected chi connectivity index (χ0v) is 14.1. The third-order valence-electron chi connectivity index (χ3n) is 4.47. The molecule has 3 atom stereocenters. The maximum Gasteiger partial charge on any atom is 0.161 e. The number of Topliss-reactive ketones (excluding diaryl/α,β-unsaturated/α-hetero) is 1. The molecule has 1 saturated heterocycles. The molecule has 0 radical (unpaired) electrons. The van der Waals surface area contributed by atoms with Crippen LogP contribution in [0.3, 0.4) is 0 Å². The molecule has 1 aliphatic rings. The molecule has 0 amide bonds. The number of carbonyl (C=O) groups is 1. The SMILES string of the molecule is CCC1C(=O)[C@@H](c2ccc(OC)c(OC)c2)COC1C(C)C. The van der Waals surface area contributed by atoms with Crippen LogP contribution in [0.1, 0.15) is 38.7 Å². The lowest BCUT2D eigenvalue weighted by Gasteiger charge is -2.37. The predicted molar refractivity (Wildman–Crippen MR) is 85.7 cm³/mol. The smallest absolute Gasteiger partial charge is 0.161 e. The van der Waals surface area contributed by atoms with Crippen molar-refractivity contribution in [2.75, 3.05) is 20.8 Å². The summed E-state index contributed by atoms with van der Waals surface area (Å²) in [6.07, 6.45) is 0.833. The minimum Gasteiger partial charge on any atom is -0.493 e. The minimum atomic E-state index is -0.222. The van der Waals surface area contributed by atoms with Gasteiger partial charge >= 0.3 is 0 Å². The van der Waals surface area contributed by atoms with Crippen molar-refractivity contribution in [2.45, 2.75) is 39.2 Å². The average Bonchev–Trinajstić information content (AvgIpc) is 2.53. The van der Waals surface area contributed by atoms with Gasteiger partial charge in [-0.25, -0.2) is 0 Å². The quantitative estimate of drug-likeness (QED) is 0.836. The lowest BCUT2D eigenvalue weighted by Crippen LogP contribution is -2.44. The van der Waals surface area contributed by atoms with E-state index in [1.54, 1.807) is 14.2 Å². The van der Waals surface area contributed by atoms with Crippen LogP contribution in [-0.2, 0) is 9.53 Å². The molecule has 22 heavy (non-hydrogen) atoms. The molecule has 1 aliphatic heterocycles. The van der Waals surface area contributed by atoms with Crippen LogP contribution in [0.5, 0.6) is 11.5 Å². The maximum atomic E-state index is 12.9. The molecule has 0 aromatic heterocycles. The fraction of sp³-hybridized carbons (Fsp3) is 0.611. The van der Waals surface area contributed by atoms with Gasteiger partial charge in [0.25, 0.3) is 0 Å². The third-order valence-corrected chi connectivity index (χ3v) is 4.47. The van der Waals surface area contributed by atoms with E-state index in [0.29, 0.717) is 24.0 Å². The van der Waals surface area contributed by atoms with Gasteiger partial charge < -0.3 is 14.2 Å². The van der Waals surface area contributed by atoms with E-state index < -0.39 is 0 Å². The van der Waals surface area contributed by atoms with E-state index in [1.165, 1.54) is 0 Å². The first kappa shape index (κ1) is 16.8. The first-order valence-electron chi connectivity index (χ1n) is 7.90. The molecule has 0 saturated carbocycles. The number of carbonyl (C=O) groups excluding carboxylic acids is 1. The van der Waals surface area contributed by atoms with Gasteiger partial charge in [0.2, 0.25) is 0 Å². The summed E-state index contributed by atoms with van der Waals surface area (Å²) in [7, 11) is 3.21. The largest absolute Gasteiger partial charge is 0.493 e. The number of methoxy groups -OCH3 is 2. The van der Waals surface area contributed by atoms with Gasteiger partial charge in [0.05, 0.1) is 32.8 Å². The minimum absolute atomic E-state index is 0.0221. The Bertz CT molecular complexity index is 524. The van der Waals surface area contributed by atoms with Crippen LogP contribution in [0.2, 0.25) is 0 Å².